The maximum absolute atomic E-state index is 13.2. The van der Waals surface area contributed by atoms with Gasteiger partial charge >= 0.3 is 5.97 Å². The van der Waals surface area contributed by atoms with Crippen molar-refractivity contribution in [1.82, 2.24) is 4.90 Å². The van der Waals surface area contributed by atoms with Gasteiger partial charge in [0.2, 0.25) is 5.91 Å². The van der Waals surface area contributed by atoms with Gasteiger partial charge in [0, 0.05) is 0 Å². The first-order valence-corrected chi connectivity index (χ1v) is 9.98. The molecule has 1 aliphatic heterocycles. The summed E-state index contributed by atoms with van der Waals surface area (Å²) in [5.74, 6) is 0.0763. The summed E-state index contributed by atoms with van der Waals surface area (Å²) in [5.41, 5.74) is 0.249. The minimum Gasteiger partial charge on any atom is -0.497 e. The van der Waals surface area contributed by atoms with Gasteiger partial charge in [-0.2, -0.15) is 0 Å². The van der Waals surface area contributed by atoms with Gasteiger partial charge in [0.1, 0.15) is 11.5 Å². The minimum absolute atomic E-state index is 0.0594. The molecule has 1 atom stereocenters. The SMILES string of the molecule is COc1ccc(CC(=O)N2C(C(=O)O)COC23CCC(C(C)(C)C)CC3)cc1. The molecule has 0 aromatic heterocycles. The predicted octanol–water partition coefficient (Wildman–Crippen LogP) is 3.48. The number of carbonyl (C=O) groups excluding carboxylic acids is 1. The zero-order valence-corrected chi connectivity index (χ0v) is 17.2. The van der Waals surface area contributed by atoms with Crippen LogP contribution in [0, 0.1) is 11.3 Å². The number of amides is 1. The van der Waals surface area contributed by atoms with Crippen molar-refractivity contribution in [2.75, 3.05) is 13.7 Å². The summed E-state index contributed by atoms with van der Waals surface area (Å²) in [6.07, 6.45) is 3.39. The Balaban J connectivity index is 1.79. The topological polar surface area (TPSA) is 76.1 Å². The van der Waals surface area contributed by atoms with Crippen molar-refractivity contribution in [3.05, 3.63) is 29.8 Å². The Labute approximate surface area is 166 Å². The van der Waals surface area contributed by atoms with Gasteiger partial charge in [-0.05, 0) is 54.7 Å². The Morgan fingerprint density at radius 2 is 1.82 bits per heavy atom. The highest BCUT2D eigenvalue weighted by Gasteiger charge is 2.54. The van der Waals surface area contributed by atoms with Gasteiger partial charge in [-0.15, -0.1) is 0 Å². The average Bonchev–Trinajstić information content (AvgIpc) is 3.01. The highest BCUT2D eigenvalue weighted by molar-refractivity contribution is 5.86. The molecule has 154 valence electrons. The van der Waals surface area contributed by atoms with Crippen LogP contribution in [-0.4, -0.2) is 47.4 Å². The van der Waals surface area contributed by atoms with Gasteiger partial charge < -0.3 is 14.6 Å². The highest BCUT2D eigenvalue weighted by atomic mass is 16.5. The van der Waals surface area contributed by atoms with Gasteiger partial charge in [0.25, 0.3) is 0 Å². The van der Waals surface area contributed by atoms with Gasteiger partial charge in [0.05, 0.1) is 20.1 Å². The fraction of sp³-hybridized carbons (Fsp3) is 0.636. The molecule has 1 heterocycles. The second-order valence-corrected chi connectivity index (χ2v) is 9.04. The minimum atomic E-state index is -1.00. The Hall–Kier alpha value is -2.08. The van der Waals surface area contributed by atoms with E-state index in [-0.39, 0.29) is 24.3 Å². The van der Waals surface area contributed by atoms with E-state index in [1.807, 2.05) is 24.3 Å². The zero-order chi connectivity index (χ0) is 20.5. The van der Waals surface area contributed by atoms with Gasteiger partial charge in [-0.25, -0.2) is 4.79 Å². The van der Waals surface area contributed by atoms with E-state index in [0.717, 1.165) is 24.2 Å². The summed E-state index contributed by atoms with van der Waals surface area (Å²) in [4.78, 5) is 26.5. The fourth-order valence-corrected chi connectivity index (χ4v) is 4.57. The van der Waals surface area contributed by atoms with Crippen LogP contribution in [0.5, 0.6) is 5.75 Å². The van der Waals surface area contributed by atoms with E-state index in [4.69, 9.17) is 9.47 Å². The Kier molecular flexibility index (Phi) is 5.71. The average molecular weight is 389 g/mol. The van der Waals surface area contributed by atoms with E-state index in [2.05, 4.69) is 20.8 Å². The fourth-order valence-electron chi connectivity index (χ4n) is 4.57. The lowest BCUT2D eigenvalue weighted by atomic mass is 9.70. The second kappa shape index (κ2) is 7.74. The molecule has 1 saturated heterocycles. The van der Waals surface area contributed by atoms with Crippen molar-refractivity contribution >= 4 is 11.9 Å². The zero-order valence-electron chi connectivity index (χ0n) is 17.2. The summed E-state index contributed by atoms with van der Waals surface area (Å²) in [6.45, 7) is 6.76. The molecule has 6 heteroatoms. The third kappa shape index (κ3) is 4.02. The van der Waals surface area contributed by atoms with Gasteiger partial charge in [-0.3, -0.25) is 9.69 Å². The molecule has 1 saturated carbocycles. The van der Waals surface area contributed by atoms with Crippen LogP contribution in [0.4, 0.5) is 0 Å². The van der Waals surface area contributed by atoms with Crippen molar-refractivity contribution in [2.24, 2.45) is 11.3 Å². The highest BCUT2D eigenvalue weighted by Crippen LogP contribution is 2.47. The molecule has 0 bridgehead atoms. The molecular formula is C22H31NO5. The molecular weight excluding hydrogens is 358 g/mol. The van der Waals surface area contributed by atoms with Crippen LogP contribution < -0.4 is 4.74 Å². The lowest BCUT2D eigenvalue weighted by Gasteiger charge is -2.46. The summed E-state index contributed by atoms with van der Waals surface area (Å²) in [7, 11) is 1.59. The maximum Gasteiger partial charge on any atom is 0.328 e. The summed E-state index contributed by atoms with van der Waals surface area (Å²) < 4.78 is 11.2. The molecule has 1 N–H and O–H groups in total. The van der Waals surface area contributed by atoms with Crippen LogP contribution in [0.15, 0.2) is 24.3 Å². The number of hydrogen-bond acceptors (Lipinski definition) is 4. The van der Waals surface area contributed by atoms with E-state index in [1.54, 1.807) is 7.11 Å². The number of carboxylic acids is 1. The molecule has 2 aliphatic rings. The van der Waals surface area contributed by atoms with E-state index in [1.165, 1.54) is 4.90 Å². The first-order chi connectivity index (χ1) is 13.2. The van der Waals surface area contributed by atoms with Crippen molar-refractivity contribution in [3.8, 4) is 5.75 Å². The van der Waals surface area contributed by atoms with Crippen LogP contribution in [-0.2, 0) is 20.7 Å². The standard InChI is InChI=1S/C22H31NO5/c1-21(2,3)16-9-11-22(12-10-16)23(18(14-28-22)20(25)26)19(24)13-15-5-7-17(27-4)8-6-15/h5-8,16,18H,9-14H2,1-4H3,(H,25,26). The molecule has 6 nitrogen and oxygen atoms in total. The normalized spacial score (nSPS) is 27.8. The molecule has 1 unspecified atom stereocenters. The first kappa shape index (κ1) is 20.6. The molecule has 1 spiro atoms. The molecule has 3 rings (SSSR count). The van der Waals surface area contributed by atoms with Gasteiger partial charge in [0.15, 0.2) is 6.04 Å². The van der Waals surface area contributed by atoms with Crippen LogP contribution in [0.25, 0.3) is 0 Å². The van der Waals surface area contributed by atoms with Crippen LogP contribution in [0.2, 0.25) is 0 Å². The number of carboxylic acid groups (broad SMARTS) is 1. The van der Waals surface area contributed by atoms with Crippen LogP contribution in [0.3, 0.4) is 0 Å². The van der Waals surface area contributed by atoms with E-state index >= 15 is 0 Å². The van der Waals surface area contributed by atoms with Crippen molar-refractivity contribution in [2.45, 2.75) is 64.6 Å². The molecule has 1 aromatic carbocycles. The summed E-state index contributed by atoms with van der Waals surface area (Å²) in [5, 5.41) is 9.67. The molecule has 1 aliphatic carbocycles. The lowest BCUT2D eigenvalue weighted by molar-refractivity contribution is -0.166. The lowest BCUT2D eigenvalue weighted by Crippen LogP contribution is -2.56. The summed E-state index contributed by atoms with van der Waals surface area (Å²) >= 11 is 0. The van der Waals surface area contributed by atoms with E-state index in [9.17, 15) is 14.7 Å². The molecule has 28 heavy (non-hydrogen) atoms. The number of carbonyl (C=O) groups is 2. The number of ether oxygens (including phenoxy) is 2. The Morgan fingerprint density at radius 1 is 1.21 bits per heavy atom. The Morgan fingerprint density at radius 3 is 2.32 bits per heavy atom. The number of aliphatic carboxylic acids is 1. The number of rotatable bonds is 4. The van der Waals surface area contributed by atoms with E-state index < -0.39 is 17.7 Å². The maximum atomic E-state index is 13.2. The van der Waals surface area contributed by atoms with Crippen molar-refractivity contribution in [3.63, 3.8) is 0 Å². The predicted molar refractivity (Wildman–Crippen MR) is 105 cm³/mol. The van der Waals surface area contributed by atoms with E-state index in [0.29, 0.717) is 18.8 Å². The quantitative estimate of drug-likeness (QED) is 0.853. The van der Waals surface area contributed by atoms with Crippen molar-refractivity contribution < 1.29 is 24.2 Å². The molecule has 1 aromatic rings. The first-order valence-electron chi connectivity index (χ1n) is 9.98. The van der Waals surface area contributed by atoms with Gasteiger partial charge in [-0.1, -0.05) is 32.9 Å². The second-order valence-electron chi connectivity index (χ2n) is 9.04. The number of hydrogen-bond donors (Lipinski definition) is 1. The van der Waals surface area contributed by atoms with Crippen molar-refractivity contribution in [1.29, 1.82) is 0 Å². The smallest absolute Gasteiger partial charge is 0.328 e. The number of nitrogens with zero attached hydrogens (tertiary/aromatic N) is 1. The van der Waals surface area contributed by atoms with Crippen LogP contribution >= 0.6 is 0 Å². The number of benzene rings is 1. The van der Waals surface area contributed by atoms with Crippen LogP contribution in [0.1, 0.15) is 52.0 Å². The Bertz CT molecular complexity index is 713. The molecule has 0 radical (unpaired) electrons. The molecule has 2 fully saturated rings. The largest absolute Gasteiger partial charge is 0.497 e. The monoisotopic (exact) mass is 389 g/mol. The summed E-state index contributed by atoms with van der Waals surface area (Å²) in [6, 6.07) is 6.38. The number of methoxy groups -OCH3 is 1. The third-order valence-corrected chi connectivity index (χ3v) is 6.32. The third-order valence-electron chi connectivity index (χ3n) is 6.32. The molecule has 1 amide bonds.